The van der Waals surface area contributed by atoms with Gasteiger partial charge in [-0.05, 0) is 122 Å². The fraction of sp³-hybridized carbons (Fsp3) is 0.0714. The van der Waals surface area contributed by atoms with Gasteiger partial charge >= 0.3 is 0 Å². The Morgan fingerprint density at radius 1 is 0.711 bits per heavy atom. The van der Waals surface area contributed by atoms with E-state index in [1.807, 2.05) is 86.6 Å². The Bertz CT molecular complexity index is 1410. The molecule has 0 saturated carbocycles. The van der Waals surface area contributed by atoms with Gasteiger partial charge < -0.3 is 15.2 Å². The van der Waals surface area contributed by atoms with E-state index in [-0.39, 0.29) is 3.78 Å². The van der Waals surface area contributed by atoms with Gasteiger partial charge in [-0.3, -0.25) is 0 Å². The number of anilines is 1. The summed E-state index contributed by atoms with van der Waals surface area (Å²) in [4.78, 5) is 3.87. The maximum atomic E-state index is 5.95. The number of thiocarbonyl (C=S) groups is 2. The van der Waals surface area contributed by atoms with E-state index in [4.69, 9.17) is 61.6 Å². The van der Waals surface area contributed by atoms with E-state index in [0.29, 0.717) is 0 Å². The van der Waals surface area contributed by atoms with Crippen LogP contribution in [-0.2, 0) is 0 Å². The lowest BCUT2D eigenvalue weighted by atomic mass is 10.2. The quantitative estimate of drug-likeness (QED) is 0.104. The zero-order valence-corrected chi connectivity index (χ0v) is 24.9. The number of nitrogen functional groups attached to an aromatic ring is 1. The highest BCUT2D eigenvalue weighted by atomic mass is 35.5. The third-order valence-corrected chi connectivity index (χ3v) is 5.56. The summed E-state index contributed by atoms with van der Waals surface area (Å²) in [6.07, 6.45) is 0. The van der Waals surface area contributed by atoms with E-state index in [2.05, 4.69) is 34.6 Å². The van der Waals surface area contributed by atoms with Crippen LogP contribution in [0.3, 0.4) is 0 Å². The van der Waals surface area contributed by atoms with Gasteiger partial charge in [-0.1, -0.05) is 58.6 Å². The molecule has 2 N–H and O–H groups in total. The molecule has 0 aromatic heterocycles. The Morgan fingerprint density at radius 2 is 1.08 bits per heavy atom. The molecule has 4 rings (SSSR count). The standard InChI is InChI=1S/C14H10ClNOS.C13H12ClNO.CCl2S/c1-10-8-13(6-7-14(10)15)17-12-4-2-11(3-5-12)16-9-18;1-9-8-12(6-7-13(9)14)16-11-4-2-10(15)3-5-11;2-1(3)4/h2-8H,1H3;2-8H,15H2,1H3;. The molecule has 4 nitrogen and oxygen atoms in total. The van der Waals surface area contributed by atoms with E-state index in [1.54, 1.807) is 12.1 Å². The highest BCUT2D eigenvalue weighted by molar-refractivity contribution is 7.86. The summed E-state index contributed by atoms with van der Waals surface area (Å²) in [7, 11) is 0. The topological polar surface area (TPSA) is 56.8 Å². The van der Waals surface area contributed by atoms with Crippen LogP contribution >= 0.6 is 70.8 Å². The maximum absolute atomic E-state index is 5.95. The minimum atomic E-state index is -0.0556. The molecule has 38 heavy (non-hydrogen) atoms. The van der Waals surface area contributed by atoms with Crippen LogP contribution in [0, 0.1) is 13.8 Å². The highest BCUT2D eigenvalue weighted by Crippen LogP contribution is 2.28. The molecule has 0 heterocycles. The third-order valence-electron chi connectivity index (χ3n) is 4.62. The molecule has 0 spiro atoms. The lowest BCUT2D eigenvalue weighted by Gasteiger charge is -2.07. The molecule has 0 aliphatic carbocycles. The second kappa shape index (κ2) is 16.3. The Kier molecular flexibility index (Phi) is 13.6. The van der Waals surface area contributed by atoms with Crippen LogP contribution in [0.15, 0.2) is 89.9 Å². The van der Waals surface area contributed by atoms with E-state index in [9.17, 15) is 0 Å². The minimum absolute atomic E-state index is 0.0556. The molecule has 196 valence electrons. The van der Waals surface area contributed by atoms with Crippen LogP contribution in [0.5, 0.6) is 23.0 Å². The number of hydrogen-bond donors (Lipinski definition) is 1. The van der Waals surface area contributed by atoms with Crippen molar-refractivity contribution in [2.75, 3.05) is 5.73 Å². The normalized spacial score (nSPS) is 9.53. The number of nitrogens with two attached hydrogens (primary N) is 1. The van der Waals surface area contributed by atoms with E-state index < -0.39 is 0 Å². The highest BCUT2D eigenvalue weighted by Gasteiger charge is 2.01. The van der Waals surface area contributed by atoms with Crippen molar-refractivity contribution in [2.45, 2.75) is 13.8 Å². The number of halogens is 4. The van der Waals surface area contributed by atoms with Crippen molar-refractivity contribution in [1.82, 2.24) is 0 Å². The monoisotopic (exact) mass is 622 g/mol. The summed E-state index contributed by atoms with van der Waals surface area (Å²) < 4.78 is 11.3. The zero-order valence-electron chi connectivity index (χ0n) is 20.3. The Labute approximate surface area is 252 Å². The van der Waals surface area contributed by atoms with Gasteiger partial charge in [-0.2, -0.15) is 4.99 Å². The van der Waals surface area contributed by atoms with Crippen molar-refractivity contribution in [2.24, 2.45) is 4.99 Å². The van der Waals surface area contributed by atoms with Crippen LogP contribution < -0.4 is 15.2 Å². The molecule has 0 unspecified atom stereocenters. The van der Waals surface area contributed by atoms with Crippen molar-refractivity contribution >= 4 is 91.2 Å². The summed E-state index contributed by atoms with van der Waals surface area (Å²) >= 11 is 30.0. The summed E-state index contributed by atoms with van der Waals surface area (Å²) in [6.45, 7) is 3.88. The van der Waals surface area contributed by atoms with Crippen molar-refractivity contribution in [3.8, 4) is 23.0 Å². The van der Waals surface area contributed by atoms with Gasteiger partial charge in [0.05, 0.1) is 10.8 Å². The Morgan fingerprint density at radius 3 is 1.45 bits per heavy atom. The second-order valence-electron chi connectivity index (χ2n) is 7.52. The summed E-state index contributed by atoms with van der Waals surface area (Å²) in [5.41, 5.74) is 9.04. The molecule has 4 aromatic carbocycles. The number of aryl methyl sites for hydroxylation is 2. The molecule has 0 saturated heterocycles. The van der Waals surface area contributed by atoms with Gasteiger partial charge in [0, 0.05) is 15.7 Å². The summed E-state index contributed by atoms with van der Waals surface area (Å²) in [6, 6.07) is 25.7. The summed E-state index contributed by atoms with van der Waals surface area (Å²) in [5, 5.41) is 3.79. The number of isothiocyanates is 1. The molecule has 0 fully saturated rings. The van der Waals surface area contributed by atoms with Gasteiger partial charge in [0.25, 0.3) is 0 Å². The van der Waals surface area contributed by atoms with Crippen LogP contribution in [0.4, 0.5) is 11.4 Å². The van der Waals surface area contributed by atoms with Crippen LogP contribution in [-0.4, -0.2) is 8.94 Å². The molecule has 0 radical (unpaired) electrons. The van der Waals surface area contributed by atoms with Gasteiger partial charge in [0.15, 0.2) is 3.78 Å². The predicted octanol–water partition coefficient (Wildman–Crippen LogP) is 10.9. The van der Waals surface area contributed by atoms with Gasteiger partial charge in [-0.25, -0.2) is 0 Å². The number of hydrogen-bond acceptors (Lipinski definition) is 6. The maximum Gasteiger partial charge on any atom is 0.169 e. The first-order valence-corrected chi connectivity index (χ1v) is 13.2. The molecular weight excluding hydrogens is 602 g/mol. The first-order valence-electron chi connectivity index (χ1n) is 10.8. The van der Waals surface area contributed by atoms with E-state index in [0.717, 1.165) is 55.5 Å². The third kappa shape index (κ3) is 11.8. The zero-order chi connectivity index (χ0) is 28.1. The molecule has 10 heteroatoms. The smallest absolute Gasteiger partial charge is 0.169 e. The molecule has 0 amide bonds. The van der Waals surface area contributed by atoms with Crippen molar-refractivity contribution < 1.29 is 9.47 Å². The predicted molar refractivity (Wildman–Crippen MR) is 169 cm³/mol. The molecular formula is C28H22Cl4N2O2S2. The van der Waals surface area contributed by atoms with E-state index in [1.165, 1.54) is 0 Å². The van der Waals surface area contributed by atoms with Gasteiger partial charge in [0.1, 0.15) is 23.0 Å². The summed E-state index contributed by atoms with van der Waals surface area (Å²) in [5.74, 6) is 3.02. The average molecular weight is 624 g/mol. The lowest BCUT2D eigenvalue weighted by molar-refractivity contribution is 0.482. The fourth-order valence-electron chi connectivity index (χ4n) is 2.81. The number of nitrogens with zero attached hydrogens (tertiary/aromatic N) is 1. The van der Waals surface area contributed by atoms with Crippen LogP contribution in [0.1, 0.15) is 11.1 Å². The first kappa shape index (κ1) is 31.5. The Balaban J connectivity index is 0.000000235. The van der Waals surface area contributed by atoms with Crippen molar-refractivity contribution in [3.05, 3.63) is 106 Å². The molecule has 0 aliphatic rings. The van der Waals surface area contributed by atoms with E-state index >= 15 is 0 Å². The minimum Gasteiger partial charge on any atom is -0.457 e. The fourth-order valence-corrected chi connectivity index (χ4v) is 3.15. The van der Waals surface area contributed by atoms with Crippen molar-refractivity contribution in [3.63, 3.8) is 0 Å². The SMILES string of the molecule is Cc1cc(Oc2ccc(N)cc2)ccc1Cl.Cc1cc(Oc2ccc(N=C=S)cc2)ccc1Cl.S=C(Cl)Cl. The largest absolute Gasteiger partial charge is 0.457 e. The number of ether oxygens (including phenoxy) is 2. The molecule has 0 aliphatic heterocycles. The van der Waals surface area contributed by atoms with Crippen LogP contribution in [0.2, 0.25) is 10.0 Å². The number of aliphatic imine (C=N–C) groups is 1. The number of rotatable bonds is 5. The molecule has 0 bridgehead atoms. The Hall–Kier alpha value is -2.67. The van der Waals surface area contributed by atoms with Gasteiger partial charge in [-0.15, -0.1) is 0 Å². The lowest BCUT2D eigenvalue weighted by Crippen LogP contribution is -1.87. The van der Waals surface area contributed by atoms with Crippen molar-refractivity contribution in [1.29, 1.82) is 0 Å². The van der Waals surface area contributed by atoms with Crippen LogP contribution in [0.25, 0.3) is 0 Å². The number of benzene rings is 4. The molecule has 0 atom stereocenters. The second-order valence-corrected chi connectivity index (χ2v) is 10.3. The molecule has 4 aromatic rings. The average Bonchev–Trinajstić information content (AvgIpc) is 2.87. The first-order chi connectivity index (χ1) is 18.1. The van der Waals surface area contributed by atoms with Gasteiger partial charge in [0.2, 0.25) is 0 Å².